The highest BCUT2D eigenvalue weighted by Crippen LogP contribution is 2.21. The quantitative estimate of drug-likeness (QED) is 0.574. The SMILES string of the molecule is C[C@@H]1C[C@@H](C)CN(CCCNC(=O)CCCn2ncn3c(cc4occc43)c2=O)C1. The van der Waals surface area contributed by atoms with Gasteiger partial charge in [0.15, 0.2) is 5.58 Å². The van der Waals surface area contributed by atoms with Gasteiger partial charge in [0, 0.05) is 44.7 Å². The zero-order valence-corrected chi connectivity index (χ0v) is 17.8. The van der Waals surface area contributed by atoms with E-state index < -0.39 is 0 Å². The van der Waals surface area contributed by atoms with Crippen LogP contribution in [0.3, 0.4) is 0 Å². The molecule has 8 nitrogen and oxygen atoms in total. The fourth-order valence-corrected chi connectivity index (χ4v) is 4.67. The number of amides is 1. The Morgan fingerprint density at radius 2 is 2.00 bits per heavy atom. The number of aryl methyl sites for hydroxylation is 1. The first kappa shape index (κ1) is 20.7. The summed E-state index contributed by atoms with van der Waals surface area (Å²) in [5.74, 6) is 1.55. The second-order valence-electron chi connectivity index (χ2n) is 8.74. The molecule has 2 atom stereocenters. The third-order valence-electron chi connectivity index (χ3n) is 5.91. The molecule has 0 aliphatic carbocycles. The summed E-state index contributed by atoms with van der Waals surface area (Å²) >= 11 is 0. The van der Waals surface area contributed by atoms with Crippen LogP contribution in [0.5, 0.6) is 0 Å². The highest BCUT2D eigenvalue weighted by atomic mass is 16.3. The molecule has 0 saturated carbocycles. The molecule has 0 aromatic carbocycles. The summed E-state index contributed by atoms with van der Waals surface area (Å²) in [6, 6.07) is 3.54. The number of furan rings is 1. The van der Waals surface area contributed by atoms with E-state index in [2.05, 4.69) is 29.2 Å². The van der Waals surface area contributed by atoms with Gasteiger partial charge in [-0.15, -0.1) is 0 Å². The van der Waals surface area contributed by atoms with Crippen molar-refractivity contribution >= 4 is 22.5 Å². The molecule has 1 saturated heterocycles. The fraction of sp³-hybridized carbons (Fsp3) is 0.591. The van der Waals surface area contributed by atoms with Crippen molar-refractivity contribution in [2.24, 2.45) is 11.8 Å². The molecule has 4 heterocycles. The maximum Gasteiger partial charge on any atom is 0.291 e. The van der Waals surface area contributed by atoms with Gasteiger partial charge in [0.2, 0.25) is 5.91 Å². The van der Waals surface area contributed by atoms with Gasteiger partial charge in [0.25, 0.3) is 5.56 Å². The van der Waals surface area contributed by atoms with Gasteiger partial charge in [-0.2, -0.15) is 5.10 Å². The molecule has 30 heavy (non-hydrogen) atoms. The summed E-state index contributed by atoms with van der Waals surface area (Å²) in [5.41, 5.74) is 1.86. The summed E-state index contributed by atoms with van der Waals surface area (Å²) in [7, 11) is 0. The van der Waals surface area contributed by atoms with E-state index in [1.807, 2.05) is 6.07 Å². The van der Waals surface area contributed by atoms with E-state index in [9.17, 15) is 9.59 Å². The van der Waals surface area contributed by atoms with Gasteiger partial charge in [-0.3, -0.25) is 14.0 Å². The van der Waals surface area contributed by atoms with Crippen molar-refractivity contribution in [3.63, 3.8) is 0 Å². The molecule has 1 N–H and O–H groups in total. The van der Waals surface area contributed by atoms with Crippen molar-refractivity contribution in [1.29, 1.82) is 0 Å². The van der Waals surface area contributed by atoms with E-state index in [4.69, 9.17) is 4.42 Å². The van der Waals surface area contributed by atoms with Crippen LogP contribution in [0.2, 0.25) is 0 Å². The van der Waals surface area contributed by atoms with Crippen molar-refractivity contribution in [2.75, 3.05) is 26.2 Å². The average Bonchev–Trinajstić information content (AvgIpc) is 3.28. The van der Waals surface area contributed by atoms with Gasteiger partial charge in [0.1, 0.15) is 11.8 Å². The number of fused-ring (bicyclic) bond motifs is 3. The maximum absolute atomic E-state index is 12.6. The topological polar surface area (TPSA) is 84.8 Å². The number of hydrogen-bond donors (Lipinski definition) is 1. The number of rotatable bonds is 8. The van der Waals surface area contributed by atoms with Gasteiger partial charge < -0.3 is 14.6 Å². The Hall–Kier alpha value is -2.61. The molecule has 162 valence electrons. The van der Waals surface area contributed by atoms with Crippen LogP contribution in [0.4, 0.5) is 0 Å². The molecular weight excluding hydrogens is 382 g/mol. The Morgan fingerprint density at radius 1 is 1.20 bits per heavy atom. The van der Waals surface area contributed by atoms with Gasteiger partial charge >= 0.3 is 0 Å². The zero-order chi connectivity index (χ0) is 21.1. The van der Waals surface area contributed by atoms with Crippen molar-refractivity contribution in [3.8, 4) is 0 Å². The van der Waals surface area contributed by atoms with Crippen molar-refractivity contribution in [1.82, 2.24) is 24.4 Å². The lowest BCUT2D eigenvalue weighted by atomic mass is 9.92. The molecule has 4 rings (SSSR count). The molecule has 0 radical (unpaired) electrons. The monoisotopic (exact) mass is 413 g/mol. The van der Waals surface area contributed by atoms with Gasteiger partial charge in [0.05, 0.1) is 11.8 Å². The van der Waals surface area contributed by atoms with Gasteiger partial charge in [-0.05, 0) is 37.6 Å². The van der Waals surface area contributed by atoms with E-state index in [1.165, 1.54) is 11.1 Å². The summed E-state index contributed by atoms with van der Waals surface area (Å²) < 4.78 is 8.50. The third-order valence-corrected chi connectivity index (χ3v) is 5.91. The van der Waals surface area contributed by atoms with Crippen LogP contribution < -0.4 is 10.9 Å². The first-order valence-corrected chi connectivity index (χ1v) is 10.9. The molecule has 3 aromatic heterocycles. The minimum atomic E-state index is -0.172. The Labute approximate surface area is 175 Å². The number of aromatic nitrogens is 3. The van der Waals surface area contributed by atoms with Crippen LogP contribution in [0.1, 0.15) is 39.5 Å². The lowest BCUT2D eigenvalue weighted by Crippen LogP contribution is -2.40. The number of carbonyl (C=O) groups is 1. The van der Waals surface area contributed by atoms with Crippen LogP contribution in [-0.4, -0.2) is 51.2 Å². The Kier molecular flexibility index (Phi) is 6.22. The van der Waals surface area contributed by atoms with Crippen LogP contribution >= 0.6 is 0 Å². The summed E-state index contributed by atoms with van der Waals surface area (Å²) in [6.07, 6.45) is 6.47. The Balaban J connectivity index is 1.19. The van der Waals surface area contributed by atoms with E-state index in [1.54, 1.807) is 23.1 Å². The first-order chi connectivity index (χ1) is 14.5. The number of nitrogens with one attached hydrogen (secondary N) is 1. The van der Waals surface area contributed by atoms with Crippen molar-refractivity contribution in [2.45, 2.75) is 46.1 Å². The smallest absolute Gasteiger partial charge is 0.291 e. The van der Waals surface area contributed by atoms with Crippen LogP contribution in [0, 0.1) is 11.8 Å². The number of nitrogens with zero attached hydrogens (tertiary/aromatic N) is 4. The molecule has 1 aliphatic heterocycles. The molecular formula is C22H31N5O3. The largest absolute Gasteiger partial charge is 0.463 e. The Bertz CT molecular complexity index is 1060. The van der Waals surface area contributed by atoms with Crippen LogP contribution in [0.15, 0.2) is 33.9 Å². The predicted octanol–water partition coefficient (Wildman–Crippen LogP) is 2.51. The molecule has 0 bridgehead atoms. The minimum Gasteiger partial charge on any atom is -0.463 e. The lowest BCUT2D eigenvalue weighted by Gasteiger charge is -2.34. The lowest BCUT2D eigenvalue weighted by molar-refractivity contribution is -0.121. The Morgan fingerprint density at radius 3 is 2.80 bits per heavy atom. The number of piperidine rings is 1. The standard InChI is InChI=1S/C22H31N5O3/c1-16-11-17(2)14-25(13-16)8-4-7-23-21(28)5-3-9-27-22(29)19-12-20-18(6-10-30-20)26(19)15-24-27/h6,10,12,15-17H,3-5,7-9,11,13-14H2,1-2H3,(H,23,28)/t16-,17-/m1/s1. The molecule has 1 fully saturated rings. The second-order valence-corrected chi connectivity index (χ2v) is 8.74. The average molecular weight is 414 g/mol. The number of likely N-dealkylation sites (tertiary alicyclic amines) is 1. The predicted molar refractivity (Wildman–Crippen MR) is 115 cm³/mol. The fourth-order valence-electron chi connectivity index (χ4n) is 4.67. The highest BCUT2D eigenvalue weighted by molar-refractivity contribution is 5.81. The highest BCUT2D eigenvalue weighted by Gasteiger charge is 2.21. The van der Waals surface area contributed by atoms with Gasteiger partial charge in [-0.25, -0.2) is 4.68 Å². The molecule has 0 unspecified atom stereocenters. The van der Waals surface area contributed by atoms with E-state index >= 15 is 0 Å². The second kappa shape index (κ2) is 9.04. The van der Waals surface area contributed by atoms with Crippen molar-refractivity contribution < 1.29 is 9.21 Å². The summed E-state index contributed by atoms with van der Waals surface area (Å²) in [6.45, 7) is 9.11. The molecule has 8 heteroatoms. The molecule has 1 aliphatic rings. The van der Waals surface area contributed by atoms with E-state index in [0.29, 0.717) is 37.0 Å². The molecule has 1 amide bonds. The minimum absolute atomic E-state index is 0.0321. The van der Waals surface area contributed by atoms with E-state index in [0.717, 1.165) is 43.4 Å². The summed E-state index contributed by atoms with van der Waals surface area (Å²) in [5, 5.41) is 7.23. The first-order valence-electron chi connectivity index (χ1n) is 10.9. The van der Waals surface area contributed by atoms with Crippen LogP contribution in [-0.2, 0) is 11.3 Å². The molecule has 3 aromatic rings. The van der Waals surface area contributed by atoms with E-state index in [-0.39, 0.29) is 11.5 Å². The van der Waals surface area contributed by atoms with Crippen LogP contribution in [0.25, 0.3) is 16.6 Å². The summed E-state index contributed by atoms with van der Waals surface area (Å²) in [4.78, 5) is 27.2. The van der Waals surface area contributed by atoms with Gasteiger partial charge in [-0.1, -0.05) is 13.8 Å². The molecule has 0 spiro atoms. The normalized spacial score (nSPS) is 20.2. The number of hydrogen-bond acceptors (Lipinski definition) is 5. The number of carbonyl (C=O) groups excluding carboxylic acids is 1. The maximum atomic E-state index is 12.6. The zero-order valence-electron chi connectivity index (χ0n) is 17.8. The third kappa shape index (κ3) is 4.59. The van der Waals surface area contributed by atoms with Crippen molar-refractivity contribution in [3.05, 3.63) is 35.1 Å².